The van der Waals surface area contributed by atoms with E-state index in [0.717, 1.165) is 6.07 Å². The van der Waals surface area contributed by atoms with Gasteiger partial charge in [0.25, 0.3) is 5.91 Å². The zero-order valence-electron chi connectivity index (χ0n) is 12.5. The number of hydrazine groups is 1. The lowest BCUT2D eigenvalue weighted by Crippen LogP contribution is -2.42. The van der Waals surface area contributed by atoms with Crippen LogP contribution in [0.4, 0.5) is 4.39 Å². The van der Waals surface area contributed by atoms with Gasteiger partial charge in [-0.2, -0.15) is 0 Å². The molecule has 3 rings (SSSR count). The molecule has 2 aromatic carbocycles. The molecule has 0 radical (unpaired) electrons. The molecule has 24 heavy (non-hydrogen) atoms. The maximum absolute atomic E-state index is 13.5. The third-order valence-electron chi connectivity index (χ3n) is 3.53. The van der Waals surface area contributed by atoms with Crippen molar-refractivity contribution in [2.45, 2.75) is 6.92 Å². The Bertz CT molecular complexity index is 952. The fourth-order valence-electron chi connectivity index (χ4n) is 2.31. The van der Waals surface area contributed by atoms with Gasteiger partial charge in [-0.05, 0) is 25.1 Å². The van der Waals surface area contributed by atoms with Crippen molar-refractivity contribution in [2.24, 2.45) is 0 Å². The van der Waals surface area contributed by atoms with Gasteiger partial charge in [0.15, 0.2) is 11.3 Å². The molecule has 0 bridgehead atoms. The Morgan fingerprint density at radius 2 is 1.75 bits per heavy atom. The third kappa shape index (κ3) is 2.83. The van der Waals surface area contributed by atoms with Gasteiger partial charge >= 0.3 is 5.91 Å². The highest BCUT2D eigenvalue weighted by molar-refractivity contribution is 6.35. The van der Waals surface area contributed by atoms with E-state index in [4.69, 9.17) is 16.0 Å². The second kappa shape index (κ2) is 6.33. The summed E-state index contributed by atoms with van der Waals surface area (Å²) in [6, 6.07) is 10.6. The first-order valence-electron chi connectivity index (χ1n) is 7.02. The normalized spacial score (nSPS) is 10.6. The molecule has 0 unspecified atom stereocenters. The number of para-hydroxylation sites is 1. The fraction of sp³-hybridized carbons (Fsp3) is 0.0588. The Labute approximate surface area is 141 Å². The van der Waals surface area contributed by atoms with E-state index >= 15 is 0 Å². The summed E-state index contributed by atoms with van der Waals surface area (Å²) in [6.45, 7) is 1.70. The van der Waals surface area contributed by atoms with Gasteiger partial charge in [0.1, 0.15) is 5.82 Å². The molecule has 3 aromatic rings. The van der Waals surface area contributed by atoms with E-state index in [2.05, 4.69) is 10.9 Å². The van der Waals surface area contributed by atoms with Crippen LogP contribution in [-0.4, -0.2) is 11.8 Å². The molecule has 1 aromatic heterocycles. The lowest BCUT2D eigenvalue weighted by molar-refractivity contribution is 0.0829. The van der Waals surface area contributed by atoms with Crippen LogP contribution in [0.3, 0.4) is 0 Å². The Hall–Kier alpha value is -2.86. The van der Waals surface area contributed by atoms with Crippen LogP contribution in [0.25, 0.3) is 11.0 Å². The number of aryl methyl sites for hydroxylation is 1. The second-order valence-electron chi connectivity index (χ2n) is 5.06. The number of carbonyl (C=O) groups is 2. The van der Waals surface area contributed by atoms with Gasteiger partial charge < -0.3 is 4.42 Å². The van der Waals surface area contributed by atoms with Crippen molar-refractivity contribution in [3.8, 4) is 0 Å². The molecule has 122 valence electrons. The molecular formula is C17H12ClFN2O3. The predicted octanol–water partition coefficient (Wildman–Crippen LogP) is 3.61. The lowest BCUT2D eigenvalue weighted by atomic mass is 10.1. The first-order chi connectivity index (χ1) is 11.5. The van der Waals surface area contributed by atoms with E-state index in [1.165, 1.54) is 18.2 Å². The molecule has 0 saturated carbocycles. The monoisotopic (exact) mass is 346 g/mol. The van der Waals surface area contributed by atoms with Gasteiger partial charge in [-0.15, -0.1) is 0 Å². The highest BCUT2D eigenvalue weighted by Gasteiger charge is 2.20. The van der Waals surface area contributed by atoms with Crippen molar-refractivity contribution in [3.63, 3.8) is 0 Å². The standard InChI is InChI=1S/C17H12ClFN2O3/c1-9-10-6-4-7-12(18)15(10)24-14(9)17(23)21-20-16(22)11-5-2-3-8-13(11)19/h2-8H,1H3,(H,20,22)(H,21,23). The molecule has 0 spiro atoms. The first-order valence-corrected chi connectivity index (χ1v) is 7.39. The molecule has 0 saturated heterocycles. The number of benzene rings is 2. The second-order valence-corrected chi connectivity index (χ2v) is 5.47. The molecule has 1 heterocycles. The van der Waals surface area contributed by atoms with Crippen LogP contribution >= 0.6 is 11.6 Å². The highest BCUT2D eigenvalue weighted by Crippen LogP contribution is 2.30. The summed E-state index contributed by atoms with van der Waals surface area (Å²) < 4.78 is 19.0. The molecule has 5 nitrogen and oxygen atoms in total. The predicted molar refractivity (Wildman–Crippen MR) is 87.3 cm³/mol. The van der Waals surface area contributed by atoms with Crippen molar-refractivity contribution in [1.82, 2.24) is 10.9 Å². The van der Waals surface area contributed by atoms with Crippen LogP contribution in [-0.2, 0) is 0 Å². The molecule has 0 fully saturated rings. The maximum atomic E-state index is 13.5. The SMILES string of the molecule is Cc1c(C(=O)NNC(=O)c2ccccc2F)oc2c(Cl)cccc12. The van der Waals surface area contributed by atoms with E-state index in [-0.39, 0.29) is 11.3 Å². The van der Waals surface area contributed by atoms with E-state index < -0.39 is 17.6 Å². The van der Waals surface area contributed by atoms with E-state index in [9.17, 15) is 14.0 Å². The zero-order chi connectivity index (χ0) is 17.3. The van der Waals surface area contributed by atoms with Crippen molar-refractivity contribution < 1.29 is 18.4 Å². The summed E-state index contributed by atoms with van der Waals surface area (Å²) >= 11 is 6.04. The van der Waals surface area contributed by atoms with Gasteiger partial charge in [-0.3, -0.25) is 20.4 Å². The van der Waals surface area contributed by atoms with Crippen molar-refractivity contribution in [1.29, 1.82) is 0 Å². The summed E-state index contributed by atoms with van der Waals surface area (Å²) in [7, 11) is 0. The van der Waals surface area contributed by atoms with Crippen LogP contribution < -0.4 is 10.9 Å². The van der Waals surface area contributed by atoms with Crippen LogP contribution in [0.15, 0.2) is 46.9 Å². The Kier molecular flexibility index (Phi) is 4.22. The average molecular weight is 347 g/mol. The van der Waals surface area contributed by atoms with E-state index in [1.807, 2.05) is 0 Å². The largest absolute Gasteiger partial charge is 0.449 e. The number of nitrogens with one attached hydrogen (secondary N) is 2. The maximum Gasteiger partial charge on any atom is 0.305 e. The Morgan fingerprint density at radius 1 is 1.04 bits per heavy atom. The molecule has 0 aliphatic heterocycles. The lowest BCUT2D eigenvalue weighted by Gasteiger charge is -2.07. The van der Waals surface area contributed by atoms with Gasteiger partial charge in [-0.25, -0.2) is 4.39 Å². The molecule has 0 aliphatic rings. The molecule has 0 atom stereocenters. The Morgan fingerprint density at radius 3 is 2.46 bits per heavy atom. The number of halogens is 2. The third-order valence-corrected chi connectivity index (χ3v) is 3.83. The van der Waals surface area contributed by atoms with Gasteiger partial charge in [0.2, 0.25) is 0 Å². The zero-order valence-corrected chi connectivity index (χ0v) is 13.3. The minimum Gasteiger partial charge on any atom is -0.449 e. The molecule has 0 aliphatic carbocycles. The van der Waals surface area contributed by atoms with E-state index in [1.54, 1.807) is 25.1 Å². The van der Waals surface area contributed by atoms with E-state index in [0.29, 0.717) is 21.6 Å². The smallest absolute Gasteiger partial charge is 0.305 e. The minimum atomic E-state index is -0.770. The van der Waals surface area contributed by atoms with Crippen LogP contribution in [0.2, 0.25) is 5.02 Å². The molecule has 2 amide bonds. The topological polar surface area (TPSA) is 71.3 Å². The fourth-order valence-corrected chi connectivity index (χ4v) is 2.52. The quantitative estimate of drug-likeness (QED) is 0.696. The Balaban J connectivity index is 1.79. The molecule has 2 N–H and O–H groups in total. The molecular weight excluding hydrogens is 335 g/mol. The summed E-state index contributed by atoms with van der Waals surface area (Å²) in [5.41, 5.74) is 5.16. The number of hydrogen-bond donors (Lipinski definition) is 2. The number of rotatable bonds is 2. The summed E-state index contributed by atoms with van der Waals surface area (Å²) in [4.78, 5) is 24.1. The van der Waals surface area contributed by atoms with Crippen LogP contribution in [0, 0.1) is 12.7 Å². The van der Waals surface area contributed by atoms with Crippen LogP contribution in [0.5, 0.6) is 0 Å². The van der Waals surface area contributed by atoms with Crippen LogP contribution in [0.1, 0.15) is 26.5 Å². The van der Waals surface area contributed by atoms with Gasteiger partial charge in [0, 0.05) is 10.9 Å². The number of fused-ring (bicyclic) bond motifs is 1. The highest BCUT2D eigenvalue weighted by atomic mass is 35.5. The number of amides is 2. The number of hydrogen-bond acceptors (Lipinski definition) is 3. The van der Waals surface area contributed by atoms with Crippen molar-refractivity contribution >= 4 is 34.4 Å². The summed E-state index contributed by atoms with van der Waals surface area (Å²) in [5.74, 6) is -2.10. The van der Waals surface area contributed by atoms with Gasteiger partial charge in [0.05, 0.1) is 10.6 Å². The van der Waals surface area contributed by atoms with Gasteiger partial charge in [-0.1, -0.05) is 35.9 Å². The average Bonchev–Trinajstić information content (AvgIpc) is 2.91. The van der Waals surface area contributed by atoms with Crippen molar-refractivity contribution in [2.75, 3.05) is 0 Å². The summed E-state index contributed by atoms with van der Waals surface area (Å²) in [5, 5.41) is 1.08. The number of furan rings is 1. The molecule has 7 heteroatoms. The first kappa shape index (κ1) is 16.0. The minimum absolute atomic E-state index is 0.0203. The summed E-state index contributed by atoms with van der Waals surface area (Å²) in [6.07, 6.45) is 0. The van der Waals surface area contributed by atoms with Crippen molar-refractivity contribution in [3.05, 3.63) is 70.2 Å². The number of carbonyl (C=O) groups excluding carboxylic acids is 2.